The van der Waals surface area contributed by atoms with E-state index in [9.17, 15) is 18.0 Å². The van der Waals surface area contributed by atoms with Crippen LogP contribution in [0.15, 0.2) is 60.8 Å². The number of carboxylic acid groups (broad SMARTS) is 1. The molecule has 2 aromatic carbocycles. The number of ether oxygens (including phenoxy) is 1. The standard InChI is InChI=1S/C23H19N3O2.C2HF3O2/c1-28-18-5-4-14-10-16(3-2-15(14)11-18)21-12-17(6-8-24-21)22-13-19-20(26-22)7-9-25-23(19)27;3-2(4,5)1(6)7/h2-6,8,10-13,26H,7,9H2,1H3,(H,25,27);(H,6,7). The smallest absolute Gasteiger partial charge is 0.490 e. The number of benzene rings is 2. The lowest BCUT2D eigenvalue weighted by molar-refractivity contribution is -0.192. The number of methoxy groups -OCH3 is 1. The number of halogens is 3. The third kappa shape index (κ3) is 5.26. The highest BCUT2D eigenvalue weighted by Crippen LogP contribution is 2.29. The molecule has 0 bridgehead atoms. The van der Waals surface area contributed by atoms with Crippen LogP contribution < -0.4 is 10.1 Å². The van der Waals surface area contributed by atoms with Gasteiger partial charge in [-0.25, -0.2) is 4.79 Å². The van der Waals surface area contributed by atoms with Crippen LogP contribution in [0.3, 0.4) is 0 Å². The average Bonchev–Trinajstić information content (AvgIpc) is 3.29. The van der Waals surface area contributed by atoms with E-state index in [4.69, 9.17) is 14.6 Å². The van der Waals surface area contributed by atoms with Crippen molar-refractivity contribution in [1.29, 1.82) is 0 Å². The highest BCUT2D eigenvalue weighted by Gasteiger charge is 2.38. The molecule has 0 spiro atoms. The van der Waals surface area contributed by atoms with Gasteiger partial charge in [0.25, 0.3) is 5.91 Å². The van der Waals surface area contributed by atoms with E-state index in [1.54, 1.807) is 7.11 Å². The van der Waals surface area contributed by atoms with Gasteiger partial charge in [-0.3, -0.25) is 9.78 Å². The molecule has 35 heavy (non-hydrogen) atoms. The molecule has 0 fully saturated rings. The van der Waals surface area contributed by atoms with Crippen molar-refractivity contribution in [1.82, 2.24) is 15.3 Å². The minimum Gasteiger partial charge on any atom is -0.497 e. The number of alkyl halides is 3. The van der Waals surface area contributed by atoms with Crippen LogP contribution in [0.1, 0.15) is 16.1 Å². The molecule has 1 amide bonds. The average molecular weight is 483 g/mol. The lowest BCUT2D eigenvalue weighted by atomic mass is 10.0. The number of aliphatic carboxylic acids is 1. The molecular formula is C25H20F3N3O4. The number of amides is 1. The molecular weight excluding hydrogens is 463 g/mol. The molecule has 3 heterocycles. The van der Waals surface area contributed by atoms with Crippen molar-refractivity contribution >= 4 is 22.6 Å². The summed E-state index contributed by atoms with van der Waals surface area (Å²) in [6.45, 7) is 0.676. The number of fused-ring (bicyclic) bond motifs is 2. The third-order valence-corrected chi connectivity index (χ3v) is 5.46. The molecule has 0 saturated heterocycles. The summed E-state index contributed by atoms with van der Waals surface area (Å²) in [4.78, 5) is 28.9. The molecule has 1 aliphatic rings. The van der Waals surface area contributed by atoms with E-state index >= 15 is 0 Å². The molecule has 0 radical (unpaired) electrons. The van der Waals surface area contributed by atoms with Crippen LogP contribution in [0.2, 0.25) is 0 Å². The minimum atomic E-state index is -5.08. The fraction of sp³-hybridized carbons (Fsp3) is 0.160. The predicted octanol–water partition coefficient (Wildman–Crippen LogP) is 4.82. The third-order valence-electron chi connectivity index (χ3n) is 5.46. The first-order chi connectivity index (χ1) is 16.7. The second-order valence-corrected chi connectivity index (χ2v) is 7.74. The first-order valence-electron chi connectivity index (χ1n) is 10.5. The molecule has 10 heteroatoms. The summed E-state index contributed by atoms with van der Waals surface area (Å²) < 4.78 is 37.0. The highest BCUT2D eigenvalue weighted by molar-refractivity contribution is 5.98. The minimum absolute atomic E-state index is 0.0111. The Labute approximate surface area is 197 Å². The molecule has 0 saturated carbocycles. The van der Waals surface area contributed by atoms with Crippen LogP contribution in [-0.2, 0) is 11.2 Å². The SMILES string of the molecule is COc1ccc2cc(-c3cc(-c4cc5c([nH]4)CCNC5=O)ccn3)ccc2c1.O=C(O)C(F)(F)F. The number of nitrogens with one attached hydrogen (secondary N) is 2. The predicted molar refractivity (Wildman–Crippen MR) is 123 cm³/mol. The van der Waals surface area contributed by atoms with Gasteiger partial charge in [-0.15, -0.1) is 0 Å². The number of carbonyl (C=O) groups excluding carboxylic acids is 1. The molecule has 0 atom stereocenters. The maximum Gasteiger partial charge on any atom is 0.490 e. The summed E-state index contributed by atoms with van der Waals surface area (Å²) in [5.74, 6) is -1.92. The number of pyridine rings is 1. The number of nitrogens with zero attached hydrogens (tertiary/aromatic N) is 1. The summed E-state index contributed by atoms with van der Waals surface area (Å²) >= 11 is 0. The summed E-state index contributed by atoms with van der Waals surface area (Å²) in [7, 11) is 1.67. The number of rotatable bonds is 3. The second kappa shape index (κ2) is 9.49. The van der Waals surface area contributed by atoms with Gasteiger partial charge in [0.15, 0.2) is 0 Å². The van der Waals surface area contributed by atoms with Gasteiger partial charge in [-0.1, -0.05) is 18.2 Å². The van der Waals surface area contributed by atoms with Gasteiger partial charge in [0.05, 0.1) is 18.4 Å². The van der Waals surface area contributed by atoms with Crippen LogP contribution in [0.5, 0.6) is 5.75 Å². The van der Waals surface area contributed by atoms with Crippen molar-refractivity contribution in [2.24, 2.45) is 0 Å². The fourth-order valence-electron chi connectivity index (χ4n) is 3.72. The zero-order valence-corrected chi connectivity index (χ0v) is 18.4. The topological polar surface area (TPSA) is 104 Å². The van der Waals surface area contributed by atoms with Crippen molar-refractivity contribution in [2.75, 3.05) is 13.7 Å². The van der Waals surface area contributed by atoms with Gasteiger partial charge in [0.2, 0.25) is 0 Å². The number of hydrogen-bond acceptors (Lipinski definition) is 4. The van der Waals surface area contributed by atoms with E-state index in [1.807, 2.05) is 30.5 Å². The Balaban J connectivity index is 0.000000364. The molecule has 3 N–H and O–H groups in total. The molecule has 0 unspecified atom stereocenters. The molecule has 5 rings (SSSR count). The zero-order chi connectivity index (χ0) is 25.2. The van der Waals surface area contributed by atoms with E-state index in [-0.39, 0.29) is 5.91 Å². The first kappa shape index (κ1) is 23.8. The molecule has 7 nitrogen and oxygen atoms in total. The Bertz CT molecular complexity index is 1410. The van der Waals surface area contributed by atoms with Crippen LogP contribution in [0.25, 0.3) is 33.3 Å². The number of carbonyl (C=O) groups is 2. The summed E-state index contributed by atoms with van der Waals surface area (Å²) in [6, 6.07) is 18.3. The van der Waals surface area contributed by atoms with E-state index in [2.05, 4.69) is 45.6 Å². The van der Waals surface area contributed by atoms with Crippen molar-refractivity contribution in [2.45, 2.75) is 12.6 Å². The summed E-state index contributed by atoms with van der Waals surface area (Å²) in [5, 5.41) is 12.3. The summed E-state index contributed by atoms with van der Waals surface area (Å²) in [6.07, 6.45) is -2.45. The Morgan fingerprint density at radius 3 is 2.43 bits per heavy atom. The highest BCUT2D eigenvalue weighted by atomic mass is 19.4. The zero-order valence-electron chi connectivity index (χ0n) is 18.4. The number of aromatic nitrogens is 2. The maximum atomic E-state index is 12.0. The van der Waals surface area contributed by atoms with Crippen LogP contribution in [0, 0.1) is 0 Å². The normalized spacial score (nSPS) is 12.9. The maximum absolute atomic E-state index is 12.0. The number of aromatic amines is 1. The number of hydrogen-bond donors (Lipinski definition) is 3. The van der Waals surface area contributed by atoms with Crippen LogP contribution in [0.4, 0.5) is 13.2 Å². The number of H-pyrrole nitrogens is 1. The Kier molecular flexibility index (Phi) is 6.46. The van der Waals surface area contributed by atoms with Crippen molar-refractivity contribution < 1.29 is 32.6 Å². The lowest BCUT2D eigenvalue weighted by Crippen LogP contribution is -2.31. The van der Waals surface area contributed by atoms with E-state index in [0.717, 1.165) is 56.7 Å². The Morgan fingerprint density at radius 1 is 1.03 bits per heavy atom. The van der Waals surface area contributed by atoms with Crippen LogP contribution in [-0.4, -0.2) is 46.8 Å². The van der Waals surface area contributed by atoms with Gasteiger partial charge in [-0.2, -0.15) is 13.2 Å². The van der Waals surface area contributed by atoms with Gasteiger partial charge in [-0.05, 0) is 47.2 Å². The molecule has 180 valence electrons. The summed E-state index contributed by atoms with van der Waals surface area (Å²) in [5.41, 5.74) is 5.63. The molecule has 4 aromatic rings. The van der Waals surface area contributed by atoms with E-state index in [1.165, 1.54) is 0 Å². The largest absolute Gasteiger partial charge is 0.497 e. The number of carboxylic acids is 1. The first-order valence-corrected chi connectivity index (χ1v) is 10.5. The molecule has 0 aliphatic carbocycles. The molecule has 1 aliphatic heterocycles. The van der Waals surface area contributed by atoms with Gasteiger partial charge < -0.3 is 20.1 Å². The molecule has 2 aromatic heterocycles. The monoisotopic (exact) mass is 483 g/mol. The van der Waals surface area contributed by atoms with Crippen molar-refractivity contribution in [3.63, 3.8) is 0 Å². The van der Waals surface area contributed by atoms with Crippen LogP contribution >= 0.6 is 0 Å². The van der Waals surface area contributed by atoms with Crippen molar-refractivity contribution in [3.8, 4) is 28.3 Å². The van der Waals surface area contributed by atoms with E-state index in [0.29, 0.717) is 6.54 Å². The van der Waals surface area contributed by atoms with Gasteiger partial charge >= 0.3 is 12.1 Å². The Morgan fingerprint density at radius 2 is 1.74 bits per heavy atom. The van der Waals surface area contributed by atoms with E-state index < -0.39 is 12.1 Å². The van der Waals surface area contributed by atoms with Gasteiger partial charge in [0, 0.05) is 41.7 Å². The Hall–Kier alpha value is -4.34. The van der Waals surface area contributed by atoms with Gasteiger partial charge in [0.1, 0.15) is 5.75 Å². The lowest BCUT2D eigenvalue weighted by Gasteiger charge is -2.11. The second-order valence-electron chi connectivity index (χ2n) is 7.74. The fourth-order valence-corrected chi connectivity index (χ4v) is 3.72. The quantitative estimate of drug-likeness (QED) is 0.388. The van der Waals surface area contributed by atoms with Crippen molar-refractivity contribution in [3.05, 3.63) is 72.1 Å².